The second-order valence-corrected chi connectivity index (χ2v) is 6.85. The molecule has 0 fully saturated rings. The molecule has 0 aromatic heterocycles. The molecule has 3 aromatic carbocycles. The Bertz CT molecular complexity index is 996. The fourth-order valence-electron chi connectivity index (χ4n) is 3.35. The second-order valence-electron chi connectivity index (χ2n) is 6.85. The van der Waals surface area contributed by atoms with Gasteiger partial charge in [0.15, 0.2) is 0 Å². The standard InChI is InChI=1S/C24H22N2O4/c1-16(27)25-20-14-8-13-19(15-20)23(28)26-22(24(29)30)21(17-9-4-2-5-10-17)18-11-6-3-7-12-18/h2-15,21-22H,1H3,(H,25,27)(H,26,28)(H,29,30)/t22-/m0/s1. The molecule has 0 aliphatic carbocycles. The molecule has 0 radical (unpaired) electrons. The van der Waals surface area contributed by atoms with Crippen molar-refractivity contribution in [1.29, 1.82) is 0 Å². The van der Waals surface area contributed by atoms with Crippen LogP contribution in [0.3, 0.4) is 0 Å². The number of hydrogen-bond acceptors (Lipinski definition) is 3. The Morgan fingerprint density at radius 1 is 0.800 bits per heavy atom. The third-order valence-corrected chi connectivity index (χ3v) is 4.65. The van der Waals surface area contributed by atoms with Crippen LogP contribution in [-0.4, -0.2) is 28.9 Å². The van der Waals surface area contributed by atoms with Crippen LogP contribution in [0.25, 0.3) is 0 Å². The number of carboxylic acids is 1. The lowest BCUT2D eigenvalue weighted by molar-refractivity contribution is -0.139. The SMILES string of the molecule is CC(=O)Nc1cccc(C(=O)N[C@H](C(=O)O)C(c2ccccc2)c2ccccc2)c1. The van der Waals surface area contributed by atoms with Crippen LogP contribution < -0.4 is 10.6 Å². The smallest absolute Gasteiger partial charge is 0.327 e. The maximum atomic E-state index is 12.9. The van der Waals surface area contributed by atoms with Gasteiger partial charge in [-0.1, -0.05) is 66.7 Å². The van der Waals surface area contributed by atoms with Crippen molar-refractivity contribution in [1.82, 2.24) is 5.32 Å². The van der Waals surface area contributed by atoms with E-state index in [0.29, 0.717) is 5.69 Å². The summed E-state index contributed by atoms with van der Waals surface area (Å²) in [5.74, 6) is -2.51. The van der Waals surface area contributed by atoms with E-state index in [-0.39, 0.29) is 11.5 Å². The summed E-state index contributed by atoms with van der Waals surface area (Å²) in [4.78, 5) is 36.3. The number of anilines is 1. The lowest BCUT2D eigenvalue weighted by atomic mass is 9.85. The number of carboxylic acid groups (broad SMARTS) is 1. The monoisotopic (exact) mass is 402 g/mol. The first-order chi connectivity index (χ1) is 14.5. The molecule has 0 saturated carbocycles. The minimum atomic E-state index is -1.19. The highest BCUT2D eigenvalue weighted by molar-refractivity contribution is 5.98. The highest BCUT2D eigenvalue weighted by atomic mass is 16.4. The molecule has 0 aliphatic rings. The van der Waals surface area contributed by atoms with E-state index in [1.165, 1.54) is 13.0 Å². The fraction of sp³-hybridized carbons (Fsp3) is 0.125. The Labute approximate surface area is 174 Å². The number of hydrogen-bond donors (Lipinski definition) is 3. The van der Waals surface area contributed by atoms with E-state index < -0.39 is 23.8 Å². The van der Waals surface area contributed by atoms with Gasteiger partial charge in [-0.15, -0.1) is 0 Å². The van der Waals surface area contributed by atoms with Crippen molar-refractivity contribution in [3.8, 4) is 0 Å². The molecule has 3 rings (SSSR count). The first-order valence-corrected chi connectivity index (χ1v) is 9.47. The summed E-state index contributed by atoms with van der Waals surface area (Å²) in [6.45, 7) is 1.37. The molecular weight excluding hydrogens is 380 g/mol. The molecule has 30 heavy (non-hydrogen) atoms. The molecule has 0 bridgehead atoms. The molecule has 152 valence electrons. The molecule has 6 nitrogen and oxygen atoms in total. The predicted octanol–water partition coefficient (Wildman–Crippen LogP) is 3.66. The van der Waals surface area contributed by atoms with Gasteiger partial charge in [-0.3, -0.25) is 9.59 Å². The quantitative estimate of drug-likeness (QED) is 0.562. The van der Waals surface area contributed by atoms with Gasteiger partial charge in [0, 0.05) is 24.1 Å². The Hall–Kier alpha value is -3.93. The third-order valence-electron chi connectivity index (χ3n) is 4.65. The molecule has 0 saturated heterocycles. The molecule has 2 amide bonds. The lowest BCUT2D eigenvalue weighted by Crippen LogP contribution is -2.45. The summed E-state index contributed by atoms with van der Waals surface area (Å²) in [5.41, 5.74) is 2.28. The van der Waals surface area contributed by atoms with Crippen molar-refractivity contribution in [2.75, 3.05) is 5.32 Å². The van der Waals surface area contributed by atoms with Crippen LogP contribution in [0, 0.1) is 0 Å². The van der Waals surface area contributed by atoms with Crippen LogP contribution in [0.5, 0.6) is 0 Å². The van der Waals surface area contributed by atoms with E-state index >= 15 is 0 Å². The third kappa shape index (κ3) is 5.11. The van der Waals surface area contributed by atoms with E-state index in [0.717, 1.165) is 11.1 Å². The Balaban J connectivity index is 1.94. The van der Waals surface area contributed by atoms with Crippen LogP contribution in [0.2, 0.25) is 0 Å². The van der Waals surface area contributed by atoms with Crippen molar-refractivity contribution in [3.05, 3.63) is 102 Å². The predicted molar refractivity (Wildman–Crippen MR) is 114 cm³/mol. The van der Waals surface area contributed by atoms with E-state index in [4.69, 9.17) is 0 Å². The highest BCUT2D eigenvalue weighted by Gasteiger charge is 2.32. The van der Waals surface area contributed by atoms with Gasteiger partial charge in [-0.05, 0) is 29.3 Å². The van der Waals surface area contributed by atoms with Crippen LogP contribution in [0.1, 0.15) is 34.3 Å². The van der Waals surface area contributed by atoms with Gasteiger partial charge in [0.05, 0.1) is 0 Å². The van der Waals surface area contributed by atoms with Gasteiger partial charge in [-0.2, -0.15) is 0 Å². The molecule has 1 atom stereocenters. The van der Waals surface area contributed by atoms with Crippen molar-refractivity contribution in [3.63, 3.8) is 0 Å². The number of aliphatic carboxylic acids is 1. The fourth-order valence-corrected chi connectivity index (χ4v) is 3.35. The number of amides is 2. The first-order valence-electron chi connectivity index (χ1n) is 9.47. The molecular formula is C24H22N2O4. The van der Waals surface area contributed by atoms with Crippen molar-refractivity contribution >= 4 is 23.5 Å². The molecule has 0 heterocycles. The molecule has 3 N–H and O–H groups in total. The van der Waals surface area contributed by atoms with Crippen LogP contribution in [0.15, 0.2) is 84.9 Å². The van der Waals surface area contributed by atoms with E-state index in [1.807, 2.05) is 60.7 Å². The molecule has 3 aromatic rings. The first kappa shape index (κ1) is 20.8. The van der Waals surface area contributed by atoms with Crippen molar-refractivity contribution in [2.24, 2.45) is 0 Å². The minimum absolute atomic E-state index is 0.257. The maximum absolute atomic E-state index is 12.9. The Morgan fingerprint density at radius 2 is 1.37 bits per heavy atom. The van der Waals surface area contributed by atoms with Crippen molar-refractivity contribution < 1.29 is 19.5 Å². The summed E-state index contributed by atoms with van der Waals surface area (Å²) in [5, 5.41) is 15.2. The summed E-state index contributed by atoms with van der Waals surface area (Å²) >= 11 is 0. The zero-order valence-corrected chi connectivity index (χ0v) is 16.4. The van der Waals surface area contributed by atoms with E-state index in [2.05, 4.69) is 10.6 Å². The Kier molecular flexibility index (Phi) is 6.60. The van der Waals surface area contributed by atoms with Crippen LogP contribution in [0.4, 0.5) is 5.69 Å². The normalized spacial score (nSPS) is 11.5. The van der Waals surface area contributed by atoms with Gasteiger partial charge < -0.3 is 15.7 Å². The number of carbonyl (C=O) groups is 3. The molecule has 0 unspecified atom stereocenters. The van der Waals surface area contributed by atoms with Gasteiger partial charge in [0.25, 0.3) is 5.91 Å². The van der Waals surface area contributed by atoms with E-state index in [1.54, 1.807) is 18.2 Å². The van der Waals surface area contributed by atoms with Gasteiger partial charge in [0.1, 0.15) is 6.04 Å². The molecule has 6 heteroatoms. The van der Waals surface area contributed by atoms with Gasteiger partial charge >= 0.3 is 5.97 Å². The number of carbonyl (C=O) groups excluding carboxylic acids is 2. The maximum Gasteiger partial charge on any atom is 0.327 e. The summed E-state index contributed by atoms with van der Waals surface area (Å²) in [6.07, 6.45) is 0. The minimum Gasteiger partial charge on any atom is -0.480 e. The van der Waals surface area contributed by atoms with Crippen LogP contribution >= 0.6 is 0 Å². The number of nitrogens with one attached hydrogen (secondary N) is 2. The second kappa shape index (κ2) is 9.52. The molecule has 0 spiro atoms. The average Bonchev–Trinajstić information content (AvgIpc) is 2.74. The number of rotatable bonds is 7. The highest BCUT2D eigenvalue weighted by Crippen LogP contribution is 2.28. The summed E-state index contributed by atoms with van der Waals surface area (Å²) in [6, 6.07) is 23.6. The number of benzene rings is 3. The zero-order valence-electron chi connectivity index (χ0n) is 16.4. The largest absolute Gasteiger partial charge is 0.480 e. The lowest BCUT2D eigenvalue weighted by Gasteiger charge is -2.26. The van der Waals surface area contributed by atoms with Crippen molar-refractivity contribution in [2.45, 2.75) is 18.9 Å². The van der Waals surface area contributed by atoms with Gasteiger partial charge in [0.2, 0.25) is 5.91 Å². The topological polar surface area (TPSA) is 95.5 Å². The average molecular weight is 402 g/mol. The molecule has 0 aliphatic heterocycles. The van der Waals surface area contributed by atoms with Crippen LogP contribution in [-0.2, 0) is 9.59 Å². The van der Waals surface area contributed by atoms with Gasteiger partial charge in [-0.25, -0.2) is 4.79 Å². The van der Waals surface area contributed by atoms with E-state index in [9.17, 15) is 19.5 Å². The Morgan fingerprint density at radius 3 is 1.87 bits per heavy atom. The summed E-state index contributed by atoms with van der Waals surface area (Å²) in [7, 11) is 0. The summed E-state index contributed by atoms with van der Waals surface area (Å²) < 4.78 is 0. The zero-order chi connectivity index (χ0) is 21.5.